The second-order valence-electron chi connectivity index (χ2n) is 17.3. The Labute approximate surface area is 341 Å². The quantitative estimate of drug-likeness (QED) is 0.0405. The first-order valence-electron chi connectivity index (χ1n) is 23.4. The van der Waals surface area contributed by atoms with Crippen LogP contribution >= 0.6 is 0 Å². The largest absolute Gasteiger partial charge is 0.392 e. The van der Waals surface area contributed by atoms with Crippen molar-refractivity contribution in [3.63, 3.8) is 0 Å². The second-order valence-corrected chi connectivity index (χ2v) is 17.3. The van der Waals surface area contributed by atoms with Crippen molar-refractivity contribution in [1.82, 2.24) is 52.3 Å². The molecule has 8 atom stereocenters. The molecular formula is C42H88N10O4. The molecule has 14 heteroatoms. The van der Waals surface area contributed by atoms with E-state index in [-0.39, 0.29) is 48.6 Å². The molecule has 4 aliphatic rings. The smallest absolute Gasteiger partial charge is 0.0693 e. The van der Waals surface area contributed by atoms with Crippen LogP contribution in [0.4, 0.5) is 0 Å². The lowest BCUT2D eigenvalue weighted by atomic mass is 9.93. The number of rotatable bonds is 31. The van der Waals surface area contributed by atoms with Crippen LogP contribution < -0.4 is 42.5 Å². The summed E-state index contributed by atoms with van der Waals surface area (Å²) in [6, 6.07) is 0.939. The summed E-state index contributed by atoms with van der Waals surface area (Å²) in [4.78, 5) is 5.16. The first-order valence-corrected chi connectivity index (χ1v) is 23.4. The van der Waals surface area contributed by atoms with Crippen LogP contribution in [0, 0.1) is 0 Å². The molecule has 4 rings (SSSR count). The molecule has 4 fully saturated rings. The third-order valence-electron chi connectivity index (χ3n) is 12.9. The van der Waals surface area contributed by atoms with Crippen molar-refractivity contribution in [2.45, 2.75) is 151 Å². The van der Waals surface area contributed by atoms with Gasteiger partial charge in [0.15, 0.2) is 0 Å². The molecule has 56 heavy (non-hydrogen) atoms. The van der Waals surface area contributed by atoms with Crippen molar-refractivity contribution >= 4 is 0 Å². The van der Waals surface area contributed by atoms with Crippen LogP contribution in [0.2, 0.25) is 0 Å². The lowest BCUT2D eigenvalue weighted by molar-refractivity contribution is 0.0889. The van der Waals surface area contributed by atoms with Gasteiger partial charge < -0.3 is 63.0 Å². The topological polar surface area (TPSA) is 184 Å². The highest BCUT2D eigenvalue weighted by atomic mass is 16.3. The summed E-state index contributed by atoms with van der Waals surface area (Å²) < 4.78 is 0. The summed E-state index contributed by atoms with van der Waals surface area (Å²) in [6.45, 7) is 16.8. The van der Waals surface area contributed by atoms with Crippen molar-refractivity contribution in [2.75, 3.05) is 118 Å². The van der Waals surface area contributed by atoms with Crippen LogP contribution in [-0.2, 0) is 0 Å². The van der Waals surface area contributed by atoms with Gasteiger partial charge in [0.1, 0.15) is 0 Å². The zero-order valence-corrected chi connectivity index (χ0v) is 35.3. The summed E-state index contributed by atoms with van der Waals surface area (Å²) in [6.07, 6.45) is 16.5. The van der Waals surface area contributed by atoms with E-state index >= 15 is 0 Å². The van der Waals surface area contributed by atoms with Gasteiger partial charge in [0.25, 0.3) is 0 Å². The maximum Gasteiger partial charge on any atom is 0.0693 e. The monoisotopic (exact) mass is 797 g/mol. The van der Waals surface area contributed by atoms with E-state index in [2.05, 4.69) is 52.3 Å². The molecule has 14 nitrogen and oxygen atoms in total. The van der Waals surface area contributed by atoms with Crippen molar-refractivity contribution in [3.8, 4) is 0 Å². The number of aliphatic hydroxyl groups excluding tert-OH is 4. The third kappa shape index (κ3) is 20.6. The highest BCUT2D eigenvalue weighted by Gasteiger charge is 2.25. The number of aliphatic hydroxyl groups is 4. The van der Waals surface area contributed by atoms with E-state index in [9.17, 15) is 20.4 Å². The fourth-order valence-electron chi connectivity index (χ4n) is 9.19. The Morgan fingerprint density at radius 2 is 0.536 bits per heavy atom. The van der Waals surface area contributed by atoms with Gasteiger partial charge in [0.2, 0.25) is 0 Å². The van der Waals surface area contributed by atoms with E-state index < -0.39 is 0 Å². The lowest BCUT2D eigenvalue weighted by Crippen LogP contribution is -2.48. The Balaban J connectivity index is 1.16. The minimum absolute atomic E-state index is 0.193. The van der Waals surface area contributed by atoms with Crippen LogP contribution in [0.15, 0.2) is 0 Å². The highest BCUT2D eigenvalue weighted by molar-refractivity contribution is 4.83. The van der Waals surface area contributed by atoms with Gasteiger partial charge in [-0.25, -0.2) is 0 Å². The molecule has 0 amide bonds. The van der Waals surface area contributed by atoms with E-state index in [1.54, 1.807) is 0 Å². The average molecular weight is 797 g/mol. The third-order valence-corrected chi connectivity index (χ3v) is 12.9. The van der Waals surface area contributed by atoms with Crippen LogP contribution in [0.5, 0.6) is 0 Å². The molecule has 0 aromatic rings. The van der Waals surface area contributed by atoms with Gasteiger partial charge in [-0.2, -0.15) is 0 Å². The number of hydrogen-bond donors (Lipinski definition) is 12. The van der Waals surface area contributed by atoms with E-state index in [1.807, 2.05) is 0 Å². The first-order chi connectivity index (χ1) is 27.5. The summed E-state index contributed by atoms with van der Waals surface area (Å²) in [5.74, 6) is 0. The van der Waals surface area contributed by atoms with Gasteiger partial charge in [-0.3, -0.25) is 9.80 Å². The molecule has 4 saturated carbocycles. The van der Waals surface area contributed by atoms with Crippen molar-refractivity contribution in [2.24, 2.45) is 0 Å². The summed E-state index contributed by atoms with van der Waals surface area (Å²) in [5.41, 5.74) is 0. The van der Waals surface area contributed by atoms with Crippen molar-refractivity contribution < 1.29 is 20.4 Å². The molecule has 8 unspecified atom stereocenters. The molecule has 0 aromatic heterocycles. The Morgan fingerprint density at radius 3 is 0.857 bits per heavy atom. The maximum absolute atomic E-state index is 10.5. The van der Waals surface area contributed by atoms with Crippen LogP contribution in [0.1, 0.15) is 103 Å². The molecule has 0 saturated heterocycles. The van der Waals surface area contributed by atoms with E-state index in [1.165, 1.54) is 25.7 Å². The van der Waals surface area contributed by atoms with Crippen LogP contribution in [-0.4, -0.2) is 197 Å². The number of hydrogen-bond acceptors (Lipinski definition) is 14. The fraction of sp³-hybridized carbons (Fsp3) is 1.00. The minimum atomic E-state index is -0.226. The normalized spacial score (nSPS) is 29.0. The van der Waals surface area contributed by atoms with E-state index in [0.29, 0.717) is 0 Å². The van der Waals surface area contributed by atoms with Gasteiger partial charge in [0.05, 0.1) is 24.4 Å². The van der Waals surface area contributed by atoms with Crippen LogP contribution in [0.3, 0.4) is 0 Å². The van der Waals surface area contributed by atoms with E-state index in [4.69, 9.17) is 0 Å². The van der Waals surface area contributed by atoms with Gasteiger partial charge in [-0.1, -0.05) is 51.4 Å². The number of nitrogens with one attached hydrogen (secondary N) is 8. The molecular weight excluding hydrogens is 709 g/mol. The second kappa shape index (κ2) is 30.5. The molecule has 0 aliphatic heterocycles. The van der Waals surface area contributed by atoms with Crippen molar-refractivity contribution in [3.05, 3.63) is 0 Å². The standard InChI is InChI=1S/C42H88N10O4/c53-39-13-5-1-9-35(39)47-22-19-43-17-18-44-25-31-52(32-28-50-38-12-4-8-16-42(38)56)34-33-51(29-26-45-20-23-48-36-10-2-6-14-40(36)54)30-27-46-21-24-49-37-11-3-7-15-41(37)55/h35-50,53-56H,1-34H2. The Morgan fingerprint density at radius 1 is 0.286 bits per heavy atom. The number of nitrogens with zero attached hydrogens (tertiary/aromatic N) is 2. The SMILES string of the molecule is OC1CCCCC1NCCNCCNCCN(CCNC1CCCCC1O)CCN(CCNCCNC1CCCCC1O)CCNCCNC1CCCCC1O. The predicted molar refractivity (Wildman–Crippen MR) is 229 cm³/mol. The van der Waals surface area contributed by atoms with E-state index in [0.717, 1.165) is 195 Å². The molecule has 12 N–H and O–H groups in total. The van der Waals surface area contributed by atoms with Crippen molar-refractivity contribution in [1.29, 1.82) is 0 Å². The Bertz CT molecular complexity index is 912. The molecule has 0 aromatic carbocycles. The summed E-state index contributed by atoms with van der Waals surface area (Å²) in [7, 11) is 0. The van der Waals surface area contributed by atoms with Gasteiger partial charge in [-0.15, -0.1) is 0 Å². The minimum Gasteiger partial charge on any atom is -0.392 e. The van der Waals surface area contributed by atoms with Gasteiger partial charge in [-0.05, 0) is 51.4 Å². The average Bonchev–Trinajstić information content (AvgIpc) is 3.20. The molecule has 0 bridgehead atoms. The van der Waals surface area contributed by atoms with Gasteiger partial charge >= 0.3 is 0 Å². The highest BCUT2D eigenvalue weighted by Crippen LogP contribution is 2.20. The summed E-state index contributed by atoms with van der Waals surface area (Å²) in [5, 5.41) is 70.2. The molecule has 0 spiro atoms. The first kappa shape index (κ1) is 48.1. The molecule has 4 aliphatic carbocycles. The summed E-state index contributed by atoms with van der Waals surface area (Å²) >= 11 is 0. The lowest BCUT2D eigenvalue weighted by Gasteiger charge is -2.31. The van der Waals surface area contributed by atoms with Gasteiger partial charge in [0, 0.05) is 142 Å². The zero-order valence-electron chi connectivity index (χ0n) is 35.3. The molecule has 0 radical (unpaired) electrons. The fourth-order valence-corrected chi connectivity index (χ4v) is 9.19. The predicted octanol–water partition coefficient (Wildman–Crippen LogP) is -0.479. The molecule has 330 valence electrons. The maximum atomic E-state index is 10.5. The molecule has 0 heterocycles. The van der Waals surface area contributed by atoms with Crippen LogP contribution in [0.25, 0.3) is 0 Å². The Hall–Kier alpha value is -0.560. The zero-order chi connectivity index (χ0) is 39.5. The Kier molecular flexibility index (Phi) is 26.2.